The number of rotatable bonds is 5. The van der Waals surface area contributed by atoms with Gasteiger partial charge in [-0.1, -0.05) is 27.7 Å². The molecule has 2 aliphatic rings. The average Bonchev–Trinajstić information content (AvgIpc) is 2.33. The van der Waals surface area contributed by atoms with Crippen molar-refractivity contribution in [2.24, 2.45) is 17.8 Å². The summed E-state index contributed by atoms with van der Waals surface area (Å²) in [7, 11) is 0. The van der Waals surface area contributed by atoms with E-state index in [4.69, 9.17) is 4.74 Å². The Morgan fingerprint density at radius 2 is 1.67 bits per heavy atom. The number of nitrogens with zero attached hydrogens (tertiary/aromatic N) is 1. The summed E-state index contributed by atoms with van der Waals surface area (Å²) in [6, 6.07) is 0. The third-order valence-corrected chi connectivity index (χ3v) is 5.29. The zero-order chi connectivity index (χ0) is 13.1. The van der Waals surface area contributed by atoms with Gasteiger partial charge in [0.1, 0.15) is 0 Å². The normalized spacial score (nSPS) is 32.5. The largest absolute Gasteiger partial charge is 0.375 e. The van der Waals surface area contributed by atoms with E-state index < -0.39 is 0 Å². The van der Waals surface area contributed by atoms with Crippen molar-refractivity contribution >= 4 is 0 Å². The summed E-state index contributed by atoms with van der Waals surface area (Å²) in [5, 5.41) is 0. The van der Waals surface area contributed by atoms with E-state index in [0.717, 1.165) is 17.8 Å². The fraction of sp³-hybridized carbons (Fsp3) is 1.00. The molecule has 0 aromatic carbocycles. The van der Waals surface area contributed by atoms with E-state index in [9.17, 15) is 0 Å². The second kappa shape index (κ2) is 6.38. The fourth-order valence-electron chi connectivity index (χ4n) is 3.32. The number of hydrogen-bond acceptors (Lipinski definition) is 2. The molecular formula is C16H31NO. The lowest BCUT2D eigenvalue weighted by molar-refractivity contribution is -0.105. The first-order chi connectivity index (χ1) is 8.60. The summed E-state index contributed by atoms with van der Waals surface area (Å²) in [6.45, 7) is 13.0. The monoisotopic (exact) mass is 253 g/mol. The van der Waals surface area contributed by atoms with E-state index in [2.05, 4.69) is 32.6 Å². The smallest absolute Gasteiger partial charge is 0.0603 e. The van der Waals surface area contributed by atoms with E-state index in [1.165, 1.54) is 45.3 Å². The van der Waals surface area contributed by atoms with Crippen molar-refractivity contribution < 1.29 is 4.74 Å². The Bertz CT molecular complexity index is 239. The molecule has 0 bridgehead atoms. The Morgan fingerprint density at radius 3 is 2.17 bits per heavy atom. The highest BCUT2D eigenvalue weighted by molar-refractivity contribution is 4.86. The molecule has 1 aliphatic carbocycles. The number of ether oxygens (including phenoxy) is 1. The molecule has 1 heterocycles. The number of hydrogen-bond donors (Lipinski definition) is 0. The minimum Gasteiger partial charge on any atom is -0.375 e. The van der Waals surface area contributed by atoms with E-state index >= 15 is 0 Å². The van der Waals surface area contributed by atoms with Gasteiger partial charge in [-0.3, -0.25) is 0 Å². The maximum absolute atomic E-state index is 6.25. The second-order valence-electron chi connectivity index (χ2n) is 6.73. The molecule has 0 aromatic heterocycles. The van der Waals surface area contributed by atoms with Crippen LogP contribution in [-0.4, -0.2) is 36.7 Å². The van der Waals surface area contributed by atoms with E-state index in [-0.39, 0.29) is 0 Å². The Hall–Kier alpha value is -0.0800. The molecule has 0 spiro atoms. The van der Waals surface area contributed by atoms with Crippen molar-refractivity contribution in [3.63, 3.8) is 0 Å². The van der Waals surface area contributed by atoms with Gasteiger partial charge in [0, 0.05) is 13.1 Å². The molecule has 1 atom stereocenters. The van der Waals surface area contributed by atoms with Crippen LogP contribution in [0.1, 0.15) is 53.4 Å². The maximum atomic E-state index is 6.25. The van der Waals surface area contributed by atoms with Crippen molar-refractivity contribution in [3.05, 3.63) is 0 Å². The number of piperidine rings is 1. The lowest BCUT2D eigenvalue weighted by Gasteiger charge is -2.43. The van der Waals surface area contributed by atoms with Gasteiger partial charge in [-0.25, -0.2) is 0 Å². The average molecular weight is 253 g/mol. The molecular weight excluding hydrogens is 222 g/mol. The Kier molecular flexibility index (Phi) is 5.08. The molecule has 0 N–H and O–H groups in total. The van der Waals surface area contributed by atoms with Crippen molar-refractivity contribution in [1.29, 1.82) is 0 Å². The molecule has 18 heavy (non-hydrogen) atoms. The van der Waals surface area contributed by atoms with Gasteiger partial charge in [0.15, 0.2) is 0 Å². The predicted octanol–water partition coefficient (Wildman–Crippen LogP) is 3.56. The first-order valence-corrected chi connectivity index (χ1v) is 7.98. The van der Waals surface area contributed by atoms with Gasteiger partial charge in [-0.2, -0.15) is 0 Å². The van der Waals surface area contributed by atoms with Crippen LogP contribution in [0.15, 0.2) is 0 Å². The van der Waals surface area contributed by atoms with Crippen molar-refractivity contribution in [3.8, 4) is 0 Å². The minimum atomic E-state index is 0.549. The second-order valence-corrected chi connectivity index (χ2v) is 6.73. The topological polar surface area (TPSA) is 12.5 Å². The Balaban J connectivity index is 1.62. The van der Waals surface area contributed by atoms with Crippen LogP contribution in [0, 0.1) is 17.8 Å². The molecule has 2 fully saturated rings. The summed E-state index contributed by atoms with van der Waals surface area (Å²) >= 11 is 0. The molecule has 0 amide bonds. The highest BCUT2D eigenvalue weighted by Crippen LogP contribution is 2.39. The third kappa shape index (κ3) is 3.48. The molecule has 1 saturated heterocycles. The Labute approximate surface area is 113 Å². The minimum absolute atomic E-state index is 0.549. The molecule has 106 valence electrons. The van der Waals surface area contributed by atoms with Crippen molar-refractivity contribution in [2.75, 3.05) is 19.6 Å². The maximum Gasteiger partial charge on any atom is 0.0603 e. The van der Waals surface area contributed by atoms with Gasteiger partial charge in [-0.15, -0.1) is 0 Å². The van der Waals surface area contributed by atoms with E-state index in [1.807, 2.05) is 0 Å². The van der Waals surface area contributed by atoms with Crippen LogP contribution >= 0.6 is 0 Å². The van der Waals surface area contributed by atoms with Gasteiger partial charge in [-0.05, 0) is 50.0 Å². The van der Waals surface area contributed by atoms with E-state index in [0.29, 0.717) is 12.2 Å². The lowest BCUT2D eigenvalue weighted by Crippen LogP contribution is -2.42. The highest BCUT2D eigenvalue weighted by Gasteiger charge is 2.36. The molecule has 0 radical (unpaired) electrons. The van der Waals surface area contributed by atoms with Crippen LogP contribution in [-0.2, 0) is 4.74 Å². The van der Waals surface area contributed by atoms with Crippen molar-refractivity contribution in [2.45, 2.75) is 65.6 Å². The van der Waals surface area contributed by atoms with Gasteiger partial charge < -0.3 is 9.64 Å². The zero-order valence-corrected chi connectivity index (χ0v) is 12.7. The van der Waals surface area contributed by atoms with Crippen LogP contribution in [0.2, 0.25) is 0 Å². The predicted molar refractivity (Wildman–Crippen MR) is 76.7 cm³/mol. The summed E-state index contributed by atoms with van der Waals surface area (Å²) in [5.41, 5.74) is 0. The standard InChI is InChI=1S/C16H31NO/c1-5-17-8-6-15(7-9-17)18-16-10-14(11-16)13(4)12(2)3/h12-16H,5-11H2,1-4H3. The fourth-order valence-corrected chi connectivity index (χ4v) is 3.32. The van der Waals surface area contributed by atoms with Crippen LogP contribution < -0.4 is 0 Å². The molecule has 1 unspecified atom stereocenters. The first kappa shape index (κ1) is 14.3. The quantitative estimate of drug-likeness (QED) is 0.743. The van der Waals surface area contributed by atoms with Crippen LogP contribution in [0.4, 0.5) is 0 Å². The van der Waals surface area contributed by atoms with Crippen molar-refractivity contribution in [1.82, 2.24) is 4.90 Å². The molecule has 0 aromatic rings. The molecule has 2 heteroatoms. The molecule has 1 saturated carbocycles. The van der Waals surface area contributed by atoms with Crippen LogP contribution in [0.5, 0.6) is 0 Å². The number of likely N-dealkylation sites (tertiary alicyclic amines) is 1. The zero-order valence-electron chi connectivity index (χ0n) is 12.7. The van der Waals surface area contributed by atoms with Gasteiger partial charge >= 0.3 is 0 Å². The van der Waals surface area contributed by atoms with Crippen LogP contribution in [0.25, 0.3) is 0 Å². The first-order valence-electron chi connectivity index (χ1n) is 7.98. The highest BCUT2D eigenvalue weighted by atomic mass is 16.5. The molecule has 2 nitrogen and oxygen atoms in total. The van der Waals surface area contributed by atoms with E-state index in [1.54, 1.807) is 0 Å². The molecule has 2 rings (SSSR count). The third-order valence-electron chi connectivity index (χ3n) is 5.29. The summed E-state index contributed by atoms with van der Waals surface area (Å²) < 4.78 is 6.25. The summed E-state index contributed by atoms with van der Waals surface area (Å²) in [4.78, 5) is 2.53. The molecule has 1 aliphatic heterocycles. The Morgan fingerprint density at radius 1 is 1.06 bits per heavy atom. The lowest BCUT2D eigenvalue weighted by atomic mass is 9.70. The summed E-state index contributed by atoms with van der Waals surface area (Å²) in [5.74, 6) is 2.61. The summed E-state index contributed by atoms with van der Waals surface area (Å²) in [6.07, 6.45) is 6.24. The van der Waals surface area contributed by atoms with Gasteiger partial charge in [0.2, 0.25) is 0 Å². The van der Waals surface area contributed by atoms with Crippen LogP contribution in [0.3, 0.4) is 0 Å². The SMILES string of the molecule is CCN1CCC(OC2CC(C(C)C(C)C)C2)CC1. The van der Waals surface area contributed by atoms with Gasteiger partial charge in [0.25, 0.3) is 0 Å². The van der Waals surface area contributed by atoms with Gasteiger partial charge in [0.05, 0.1) is 12.2 Å².